The zero-order valence-electron chi connectivity index (χ0n) is 13.3. The average molecular weight is 326 g/mol. The molecule has 0 saturated heterocycles. The third kappa shape index (κ3) is 3.51. The fraction of sp³-hybridized carbons (Fsp3) is 0.222. The number of amides is 1. The lowest BCUT2D eigenvalue weighted by molar-refractivity contribution is 0.102. The molecule has 0 radical (unpaired) electrons. The van der Waals surface area contributed by atoms with Crippen molar-refractivity contribution in [2.45, 2.75) is 27.2 Å². The van der Waals surface area contributed by atoms with Crippen LogP contribution in [0.4, 0.5) is 5.13 Å². The maximum Gasteiger partial charge on any atom is 0.261 e. The van der Waals surface area contributed by atoms with Crippen molar-refractivity contribution in [3.05, 3.63) is 69.6 Å². The largest absolute Gasteiger partial charge is 0.469 e. The predicted octanol–water partition coefficient (Wildman–Crippen LogP) is 4.50. The molecule has 0 atom stereocenters. The standard InChI is InChI=1S/C18H18N2O2S/c1-11-4-6-14(7-5-11)8-15-9-19-18(23-15)20-17(21)16-12(2)10-22-13(16)3/h4-7,9-10H,8H2,1-3H3,(H,19,20,21). The molecule has 0 aliphatic heterocycles. The first kappa shape index (κ1) is 15.5. The van der Waals surface area contributed by atoms with E-state index in [0.29, 0.717) is 16.5 Å². The van der Waals surface area contributed by atoms with Crippen molar-refractivity contribution >= 4 is 22.4 Å². The van der Waals surface area contributed by atoms with Gasteiger partial charge in [-0.1, -0.05) is 29.8 Å². The van der Waals surface area contributed by atoms with Crippen LogP contribution in [0.1, 0.15) is 37.7 Å². The Balaban J connectivity index is 1.70. The van der Waals surface area contributed by atoms with Crippen LogP contribution in [0, 0.1) is 20.8 Å². The zero-order chi connectivity index (χ0) is 16.4. The first-order valence-electron chi connectivity index (χ1n) is 7.39. The Labute approximate surface area is 139 Å². The van der Waals surface area contributed by atoms with Crippen molar-refractivity contribution in [2.75, 3.05) is 5.32 Å². The van der Waals surface area contributed by atoms with Crippen LogP contribution in [-0.4, -0.2) is 10.9 Å². The van der Waals surface area contributed by atoms with Gasteiger partial charge in [0.15, 0.2) is 5.13 Å². The van der Waals surface area contributed by atoms with Gasteiger partial charge in [-0.25, -0.2) is 4.98 Å². The van der Waals surface area contributed by atoms with E-state index in [-0.39, 0.29) is 5.91 Å². The minimum atomic E-state index is -0.176. The Hall–Kier alpha value is -2.40. The second-order valence-electron chi connectivity index (χ2n) is 5.60. The summed E-state index contributed by atoms with van der Waals surface area (Å²) in [6.45, 7) is 5.71. The number of thiazole rings is 1. The van der Waals surface area contributed by atoms with E-state index in [1.165, 1.54) is 22.5 Å². The average Bonchev–Trinajstić information content (AvgIpc) is 3.08. The van der Waals surface area contributed by atoms with Crippen LogP contribution in [0.15, 0.2) is 41.1 Å². The normalized spacial score (nSPS) is 10.7. The summed E-state index contributed by atoms with van der Waals surface area (Å²) < 4.78 is 5.27. The highest BCUT2D eigenvalue weighted by atomic mass is 32.1. The first-order valence-corrected chi connectivity index (χ1v) is 8.21. The van der Waals surface area contributed by atoms with Gasteiger partial charge in [0, 0.05) is 23.1 Å². The number of carbonyl (C=O) groups excluding carboxylic acids is 1. The van der Waals surface area contributed by atoms with E-state index in [9.17, 15) is 4.79 Å². The molecular formula is C18H18N2O2S. The van der Waals surface area contributed by atoms with E-state index in [1.807, 2.05) is 13.1 Å². The molecule has 0 fully saturated rings. The Morgan fingerprint density at radius 3 is 2.61 bits per heavy atom. The Morgan fingerprint density at radius 2 is 1.96 bits per heavy atom. The molecule has 4 nitrogen and oxygen atoms in total. The number of hydrogen-bond donors (Lipinski definition) is 1. The fourth-order valence-corrected chi connectivity index (χ4v) is 3.27. The summed E-state index contributed by atoms with van der Waals surface area (Å²) in [7, 11) is 0. The highest BCUT2D eigenvalue weighted by Crippen LogP contribution is 2.23. The molecule has 0 aliphatic rings. The second-order valence-corrected chi connectivity index (χ2v) is 6.71. The predicted molar refractivity (Wildman–Crippen MR) is 92.2 cm³/mol. The van der Waals surface area contributed by atoms with Gasteiger partial charge in [0.05, 0.1) is 11.8 Å². The Morgan fingerprint density at radius 1 is 1.22 bits per heavy atom. The van der Waals surface area contributed by atoms with Crippen molar-refractivity contribution in [3.63, 3.8) is 0 Å². The van der Waals surface area contributed by atoms with Crippen molar-refractivity contribution in [1.29, 1.82) is 0 Å². The van der Waals surface area contributed by atoms with Crippen LogP contribution in [0.3, 0.4) is 0 Å². The summed E-state index contributed by atoms with van der Waals surface area (Å²) in [4.78, 5) is 17.7. The quantitative estimate of drug-likeness (QED) is 0.768. The summed E-state index contributed by atoms with van der Waals surface area (Å²) in [5.41, 5.74) is 3.90. The third-order valence-corrected chi connectivity index (χ3v) is 4.57. The molecule has 1 N–H and O–H groups in total. The lowest BCUT2D eigenvalue weighted by atomic mass is 10.1. The highest BCUT2D eigenvalue weighted by Gasteiger charge is 2.17. The minimum absolute atomic E-state index is 0.176. The number of carbonyl (C=O) groups is 1. The fourth-order valence-electron chi connectivity index (χ4n) is 2.43. The number of nitrogens with one attached hydrogen (secondary N) is 1. The third-order valence-electron chi connectivity index (χ3n) is 3.66. The van der Waals surface area contributed by atoms with Crippen LogP contribution in [0.5, 0.6) is 0 Å². The van der Waals surface area contributed by atoms with Crippen molar-refractivity contribution in [3.8, 4) is 0 Å². The molecule has 1 amide bonds. The van der Waals surface area contributed by atoms with E-state index in [2.05, 4.69) is 41.5 Å². The van der Waals surface area contributed by atoms with Gasteiger partial charge in [0.25, 0.3) is 5.91 Å². The molecular weight excluding hydrogens is 308 g/mol. The van der Waals surface area contributed by atoms with Crippen LogP contribution < -0.4 is 5.32 Å². The van der Waals surface area contributed by atoms with Gasteiger partial charge < -0.3 is 4.42 Å². The smallest absolute Gasteiger partial charge is 0.261 e. The zero-order valence-corrected chi connectivity index (χ0v) is 14.2. The van der Waals surface area contributed by atoms with E-state index in [4.69, 9.17) is 4.42 Å². The number of anilines is 1. The maximum atomic E-state index is 12.3. The molecule has 118 valence electrons. The first-order chi connectivity index (χ1) is 11.0. The van der Waals surface area contributed by atoms with Gasteiger partial charge in [-0.15, -0.1) is 11.3 Å². The van der Waals surface area contributed by atoms with Crippen LogP contribution in [0.25, 0.3) is 0 Å². The topological polar surface area (TPSA) is 55.1 Å². The van der Waals surface area contributed by atoms with Gasteiger partial charge in [-0.3, -0.25) is 10.1 Å². The summed E-state index contributed by atoms with van der Waals surface area (Å²) in [6.07, 6.45) is 4.22. The molecule has 3 aromatic rings. The molecule has 1 aromatic carbocycles. The number of hydrogen-bond acceptors (Lipinski definition) is 4. The van der Waals surface area contributed by atoms with E-state index in [0.717, 1.165) is 16.9 Å². The summed E-state index contributed by atoms with van der Waals surface area (Å²) in [5, 5.41) is 3.46. The summed E-state index contributed by atoms with van der Waals surface area (Å²) in [5.74, 6) is 0.446. The van der Waals surface area contributed by atoms with Gasteiger partial charge in [-0.05, 0) is 26.3 Å². The molecule has 3 rings (SSSR count). The number of rotatable bonds is 4. The maximum absolute atomic E-state index is 12.3. The molecule has 0 aliphatic carbocycles. The molecule has 2 aromatic heterocycles. The molecule has 0 spiro atoms. The monoisotopic (exact) mass is 326 g/mol. The van der Waals surface area contributed by atoms with Gasteiger partial charge in [-0.2, -0.15) is 0 Å². The van der Waals surface area contributed by atoms with E-state index < -0.39 is 0 Å². The number of furan rings is 1. The molecule has 0 bridgehead atoms. The SMILES string of the molecule is Cc1ccc(Cc2cnc(NC(=O)c3c(C)coc3C)s2)cc1. The Kier molecular flexibility index (Phi) is 4.30. The molecule has 0 saturated carbocycles. The lowest BCUT2D eigenvalue weighted by Crippen LogP contribution is -2.13. The van der Waals surface area contributed by atoms with Crippen LogP contribution in [-0.2, 0) is 6.42 Å². The van der Waals surface area contributed by atoms with Crippen molar-refractivity contribution < 1.29 is 9.21 Å². The molecule has 5 heteroatoms. The number of aryl methyl sites for hydroxylation is 3. The lowest BCUT2D eigenvalue weighted by Gasteiger charge is -2.01. The van der Waals surface area contributed by atoms with Gasteiger partial charge >= 0.3 is 0 Å². The number of nitrogens with zero attached hydrogens (tertiary/aromatic N) is 1. The number of aromatic nitrogens is 1. The van der Waals surface area contributed by atoms with Gasteiger partial charge in [0.1, 0.15) is 5.76 Å². The second kappa shape index (κ2) is 6.38. The Bertz CT molecular complexity index is 812. The van der Waals surface area contributed by atoms with Crippen LogP contribution >= 0.6 is 11.3 Å². The summed E-state index contributed by atoms with van der Waals surface area (Å²) in [6, 6.07) is 8.43. The van der Waals surface area contributed by atoms with E-state index in [1.54, 1.807) is 13.2 Å². The van der Waals surface area contributed by atoms with Crippen molar-refractivity contribution in [1.82, 2.24) is 4.98 Å². The van der Waals surface area contributed by atoms with Gasteiger partial charge in [0.2, 0.25) is 0 Å². The van der Waals surface area contributed by atoms with Crippen molar-refractivity contribution in [2.24, 2.45) is 0 Å². The number of benzene rings is 1. The highest BCUT2D eigenvalue weighted by molar-refractivity contribution is 7.15. The van der Waals surface area contributed by atoms with Crippen LogP contribution in [0.2, 0.25) is 0 Å². The minimum Gasteiger partial charge on any atom is -0.469 e. The summed E-state index contributed by atoms with van der Waals surface area (Å²) >= 11 is 1.50. The van der Waals surface area contributed by atoms with E-state index >= 15 is 0 Å². The molecule has 23 heavy (non-hydrogen) atoms. The molecule has 2 heterocycles. The molecule has 0 unspecified atom stereocenters.